The second-order valence-corrected chi connectivity index (χ2v) is 9.91. The molecule has 2 aromatic carbocycles. The third kappa shape index (κ3) is 4.22. The van der Waals surface area contributed by atoms with Gasteiger partial charge < -0.3 is 4.90 Å². The molecule has 0 bridgehead atoms. The molecule has 2 aromatic rings. The SMILES string of the molecule is CCC(=O)N1CCCc2ccc(NS(=O)(=O)c3ccc(C(C)(C)C)cc3)cc21. The third-order valence-corrected chi connectivity index (χ3v) is 6.49. The van der Waals surface area contributed by atoms with E-state index in [0.29, 0.717) is 18.7 Å². The minimum Gasteiger partial charge on any atom is -0.312 e. The number of nitrogens with zero attached hydrogens (tertiary/aromatic N) is 1. The summed E-state index contributed by atoms with van der Waals surface area (Å²) >= 11 is 0. The molecule has 0 fully saturated rings. The fourth-order valence-electron chi connectivity index (χ4n) is 3.44. The van der Waals surface area contributed by atoms with Crippen LogP contribution >= 0.6 is 0 Å². The molecule has 1 aliphatic heterocycles. The van der Waals surface area contributed by atoms with E-state index in [0.717, 1.165) is 29.7 Å². The van der Waals surface area contributed by atoms with E-state index >= 15 is 0 Å². The van der Waals surface area contributed by atoms with Crippen molar-refractivity contribution >= 4 is 27.3 Å². The number of benzene rings is 2. The van der Waals surface area contributed by atoms with Crippen molar-refractivity contribution in [3.05, 3.63) is 53.6 Å². The zero-order chi connectivity index (χ0) is 20.5. The number of rotatable bonds is 4. The molecule has 0 atom stereocenters. The van der Waals surface area contributed by atoms with Crippen LogP contribution in [-0.2, 0) is 26.7 Å². The summed E-state index contributed by atoms with van der Waals surface area (Å²) in [5.41, 5.74) is 3.39. The molecule has 0 saturated carbocycles. The molecule has 1 heterocycles. The van der Waals surface area contributed by atoms with E-state index in [4.69, 9.17) is 0 Å². The van der Waals surface area contributed by atoms with Crippen LogP contribution in [0, 0.1) is 0 Å². The van der Waals surface area contributed by atoms with E-state index < -0.39 is 10.0 Å². The molecule has 1 amide bonds. The molecule has 150 valence electrons. The highest BCUT2D eigenvalue weighted by molar-refractivity contribution is 7.92. The third-order valence-electron chi connectivity index (χ3n) is 5.09. The van der Waals surface area contributed by atoms with Gasteiger partial charge in [0.2, 0.25) is 5.91 Å². The van der Waals surface area contributed by atoms with E-state index in [1.165, 1.54) is 0 Å². The van der Waals surface area contributed by atoms with Crippen LogP contribution < -0.4 is 9.62 Å². The van der Waals surface area contributed by atoms with E-state index in [9.17, 15) is 13.2 Å². The lowest BCUT2D eigenvalue weighted by Gasteiger charge is -2.30. The number of hydrogen-bond acceptors (Lipinski definition) is 3. The summed E-state index contributed by atoms with van der Waals surface area (Å²) in [4.78, 5) is 14.2. The van der Waals surface area contributed by atoms with Crippen molar-refractivity contribution in [3.8, 4) is 0 Å². The van der Waals surface area contributed by atoms with E-state index in [2.05, 4.69) is 25.5 Å². The molecule has 28 heavy (non-hydrogen) atoms. The average molecular weight is 401 g/mol. The molecule has 0 unspecified atom stereocenters. The molecule has 5 nitrogen and oxygen atoms in total. The van der Waals surface area contributed by atoms with Crippen molar-refractivity contribution in [2.24, 2.45) is 0 Å². The normalized spacial score (nSPS) is 14.5. The average Bonchev–Trinajstić information content (AvgIpc) is 2.66. The number of sulfonamides is 1. The van der Waals surface area contributed by atoms with E-state index in [1.54, 1.807) is 29.2 Å². The highest BCUT2D eigenvalue weighted by Gasteiger charge is 2.23. The molecule has 0 aliphatic carbocycles. The molecule has 1 aliphatic rings. The number of nitrogens with one attached hydrogen (secondary N) is 1. The molecule has 0 saturated heterocycles. The Morgan fingerprint density at radius 3 is 2.39 bits per heavy atom. The standard InChI is InChI=1S/C22H28N2O3S/c1-5-21(25)24-14-6-7-16-8-11-18(15-20(16)24)23-28(26,27)19-12-9-17(10-13-19)22(2,3)4/h8-13,15,23H,5-7,14H2,1-4H3. The van der Waals surface area contributed by atoms with Gasteiger partial charge in [-0.2, -0.15) is 0 Å². The van der Waals surface area contributed by atoms with Crippen molar-refractivity contribution in [3.63, 3.8) is 0 Å². The van der Waals surface area contributed by atoms with Crippen LogP contribution in [0.4, 0.5) is 11.4 Å². The first-order valence-corrected chi connectivity index (χ1v) is 11.2. The second kappa shape index (κ2) is 7.59. The summed E-state index contributed by atoms with van der Waals surface area (Å²) in [5, 5.41) is 0. The monoisotopic (exact) mass is 400 g/mol. The summed E-state index contributed by atoms with van der Waals surface area (Å²) in [7, 11) is -3.70. The van der Waals surface area contributed by atoms with Gasteiger partial charge in [0.05, 0.1) is 10.6 Å². The van der Waals surface area contributed by atoms with Gasteiger partial charge >= 0.3 is 0 Å². The number of amides is 1. The summed E-state index contributed by atoms with van der Waals surface area (Å²) in [6.45, 7) is 8.77. The number of aryl methyl sites for hydroxylation is 1. The fraction of sp³-hybridized carbons (Fsp3) is 0.409. The summed E-state index contributed by atoms with van der Waals surface area (Å²) < 4.78 is 28.3. The second-order valence-electron chi connectivity index (χ2n) is 8.23. The van der Waals surface area contributed by atoms with Crippen LogP contribution in [0.1, 0.15) is 51.7 Å². The molecule has 1 N–H and O–H groups in total. The van der Waals surface area contributed by atoms with Crippen molar-refractivity contribution in [1.82, 2.24) is 0 Å². The number of carbonyl (C=O) groups is 1. The Labute approximate surface area is 167 Å². The van der Waals surface area contributed by atoms with Gasteiger partial charge in [-0.3, -0.25) is 9.52 Å². The molecule has 0 radical (unpaired) electrons. The number of hydrogen-bond donors (Lipinski definition) is 1. The van der Waals surface area contributed by atoms with Crippen molar-refractivity contribution < 1.29 is 13.2 Å². The number of fused-ring (bicyclic) bond motifs is 1. The molecule has 0 spiro atoms. The quantitative estimate of drug-likeness (QED) is 0.823. The molecule has 6 heteroatoms. The topological polar surface area (TPSA) is 66.5 Å². The van der Waals surface area contributed by atoms with Crippen LogP contribution in [0.3, 0.4) is 0 Å². The first kappa shape index (κ1) is 20.4. The zero-order valence-corrected chi connectivity index (χ0v) is 17.8. The van der Waals surface area contributed by atoms with Gasteiger partial charge in [0.25, 0.3) is 10.0 Å². The van der Waals surface area contributed by atoms with Crippen molar-refractivity contribution in [2.45, 2.75) is 57.3 Å². The maximum Gasteiger partial charge on any atom is 0.261 e. The van der Waals surface area contributed by atoms with Gasteiger partial charge in [-0.05, 0) is 53.6 Å². The molecule has 0 aromatic heterocycles. The zero-order valence-electron chi connectivity index (χ0n) is 17.0. The summed E-state index contributed by atoms with van der Waals surface area (Å²) in [5.74, 6) is 0.0544. The lowest BCUT2D eigenvalue weighted by atomic mass is 9.87. The Morgan fingerprint density at radius 1 is 1.11 bits per heavy atom. The van der Waals surface area contributed by atoms with Crippen LogP contribution in [0.15, 0.2) is 47.4 Å². The van der Waals surface area contributed by atoms with Crippen LogP contribution in [0.5, 0.6) is 0 Å². The summed E-state index contributed by atoms with van der Waals surface area (Å²) in [6.07, 6.45) is 2.24. The summed E-state index contributed by atoms with van der Waals surface area (Å²) in [6, 6.07) is 12.4. The van der Waals surface area contributed by atoms with Gasteiger partial charge in [-0.15, -0.1) is 0 Å². The minimum atomic E-state index is -3.70. The predicted molar refractivity (Wildman–Crippen MR) is 113 cm³/mol. The van der Waals surface area contributed by atoms with Gasteiger partial charge in [-0.1, -0.05) is 45.9 Å². The van der Waals surface area contributed by atoms with E-state index in [1.807, 2.05) is 25.1 Å². The minimum absolute atomic E-state index is 0.0382. The van der Waals surface area contributed by atoms with Gasteiger partial charge in [0.15, 0.2) is 0 Å². The molecular formula is C22H28N2O3S. The van der Waals surface area contributed by atoms with Crippen LogP contribution in [0.2, 0.25) is 0 Å². The Hall–Kier alpha value is -2.34. The first-order valence-electron chi connectivity index (χ1n) is 9.68. The van der Waals surface area contributed by atoms with Gasteiger partial charge in [0.1, 0.15) is 0 Å². The van der Waals surface area contributed by atoms with Gasteiger partial charge in [-0.25, -0.2) is 8.42 Å². The Balaban J connectivity index is 1.88. The predicted octanol–water partition coefficient (Wildman–Crippen LogP) is 4.47. The molecular weight excluding hydrogens is 372 g/mol. The van der Waals surface area contributed by atoms with Crippen LogP contribution in [-0.4, -0.2) is 20.9 Å². The van der Waals surface area contributed by atoms with E-state index in [-0.39, 0.29) is 16.2 Å². The maximum atomic E-state index is 12.8. The lowest BCUT2D eigenvalue weighted by molar-refractivity contribution is -0.118. The maximum absolute atomic E-state index is 12.8. The fourth-order valence-corrected chi connectivity index (χ4v) is 4.49. The van der Waals surface area contributed by atoms with Crippen molar-refractivity contribution in [1.29, 1.82) is 0 Å². The Morgan fingerprint density at radius 2 is 1.79 bits per heavy atom. The number of anilines is 2. The highest BCUT2D eigenvalue weighted by atomic mass is 32.2. The van der Waals surface area contributed by atoms with Crippen molar-refractivity contribution in [2.75, 3.05) is 16.2 Å². The van der Waals surface area contributed by atoms with Crippen LogP contribution in [0.25, 0.3) is 0 Å². The first-order chi connectivity index (χ1) is 13.1. The number of carbonyl (C=O) groups excluding carboxylic acids is 1. The highest BCUT2D eigenvalue weighted by Crippen LogP contribution is 2.31. The smallest absolute Gasteiger partial charge is 0.261 e. The van der Waals surface area contributed by atoms with Gasteiger partial charge in [0, 0.05) is 18.7 Å². The Bertz CT molecular complexity index is 974. The largest absolute Gasteiger partial charge is 0.312 e. The Kier molecular flexibility index (Phi) is 5.53. The molecule has 3 rings (SSSR count). The lowest BCUT2D eigenvalue weighted by Crippen LogP contribution is -2.35.